The number of carbonyl (C=O) groups excluding carboxylic acids is 1. The van der Waals surface area contributed by atoms with Crippen molar-refractivity contribution < 1.29 is 14.3 Å². The van der Waals surface area contributed by atoms with Crippen LogP contribution in [-0.4, -0.2) is 45.0 Å². The van der Waals surface area contributed by atoms with Crippen molar-refractivity contribution in [3.05, 3.63) is 41.8 Å². The zero-order valence-corrected chi connectivity index (χ0v) is 14.4. The number of nitrogens with one attached hydrogen (secondary N) is 1. The number of amides is 2. The summed E-state index contributed by atoms with van der Waals surface area (Å²) in [7, 11) is 0. The van der Waals surface area contributed by atoms with Gasteiger partial charge in [0, 0.05) is 18.3 Å². The molecular weight excluding hydrogens is 323 g/mol. The molecule has 2 N–H and O–H groups in total. The number of piperidine rings is 1. The van der Waals surface area contributed by atoms with Gasteiger partial charge in [0.2, 0.25) is 0 Å². The molecule has 2 atom stereocenters. The van der Waals surface area contributed by atoms with Gasteiger partial charge in [-0.15, -0.1) is 5.10 Å². The Morgan fingerprint density at radius 2 is 2.12 bits per heavy atom. The van der Waals surface area contributed by atoms with Crippen LogP contribution in [0.1, 0.15) is 25.5 Å². The SMILES string of the molecule is Cc1cc(NC(=O)N2CCCC(C)C2CO)nn1-c1ccc(F)cc1. The van der Waals surface area contributed by atoms with Crippen LogP contribution in [0.25, 0.3) is 5.69 Å². The molecule has 2 amide bonds. The van der Waals surface area contributed by atoms with E-state index in [-0.39, 0.29) is 30.4 Å². The zero-order valence-electron chi connectivity index (χ0n) is 14.4. The molecule has 2 aromatic rings. The quantitative estimate of drug-likeness (QED) is 0.898. The third kappa shape index (κ3) is 3.66. The minimum atomic E-state index is -0.309. The summed E-state index contributed by atoms with van der Waals surface area (Å²) < 4.78 is 14.7. The Kier molecular flexibility index (Phi) is 5.03. The van der Waals surface area contributed by atoms with E-state index in [1.807, 2.05) is 13.8 Å². The average molecular weight is 346 g/mol. The van der Waals surface area contributed by atoms with Crippen LogP contribution >= 0.6 is 0 Å². The number of aliphatic hydroxyl groups is 1. The molecule has 6 nitrogen and oxygen atoms in total. The molecule has 3 rings (SSSR count). The number of benzene rings is 1. The number of hydrogen-bond donors (Lipinski definition) is 2. The van der Waals surface area contributed by atoms with Crippen LogP contribution in [-0.2, 0) is 0 Å². The fourth-order valence-electron chi connectivity index (χ4n) is 3.34. The molecule has 2 unspecified atom stereocenters. The van der Waals surface area contributed by atoms with Crippen LogP contribution in [0, 0.1) is 18.7 Å². The molecule has 1 fully saturated rings. The van der Waals surface area contributed by atoms with E-state index in [0.717, 1.165) is 24.2 Å². The largest absolute Gasteiger partial charge is 0.394 e. The van der Waals surface area contributed by atoms with Crippen LogP contribution in [0.5, 0.6) is 0 Å². The van der Waals surface area contributed by atoms with Gasteiger partial charge in [-0.25, -0.2) is 13.9 Å². The number of aryl methyl sites for hydroxylation is 1. The second-order valence-corrected chi connectivity index (χ2v) is 6.55. The summed E-state index contributed by atoms with van der Waals surface area (Å²) in [6.45, 7) is 4.50. The van der Waals surface area contributed by atoms with Gasteiger partial charge in [0.1, 0.15) is 5.82 Å². The molecule has 1 aliphatic heterocycles. The van der Waals surface area contributed by atoms with E-state index in [2.05, 4.69) is 10.4 Å². The number of hydrogen-bond acceptors (Lipinski definition) is 3. The van der Waals surface area contributed by atoms with Gasteiger partial charge in [-0.2, -0.15) is 0 Å². The molecule has 0 saturated carbocycles. The summed E-state index contributed by atoms with van der Waals surface area (Å²) in [4.78, 5) is 14.3. The minimum absolute atomic E-state index is 0.0440. The van der Waals surface area contributed by atoms with E-state index in [9.17, 15) is 14.3 Å². The van der Waals surface area contributed by atoms with Gasteiger partial charge in [-0.3, -0.25) is 5.32 Å². The molecule has 0 aliphatic carbocycles. The maximum atomic E-state index is 13.1. The first-order valence-corrected chi connectivity index (χ1v) is 8.50. The number of aliphatic hydroxyl groups excluding tert-OH is 1. The van der Waals surface area contributed by atoms with E-state index < -0.39 is 0 Å². The topological polar surface area (TPSA) is 70.4 Å². The third-order valence-electron chi connectivity index (χ3n) is 4.76. The van der Waals surface area contributed by atoms with Crippen molar-refractivity contribution in [2.75, 3.05) is 18.5 Å². The molecule has 7 heteroatoms. The van der Waals surface area contributed by atoms with Gasteiger partial charge >= 0.3 is 6.03 Å². The van der Waals surface area contributed by atoms with Gasteiger partial charge in [0.05, 0.1) is 18.3 Å². The Morgan fingerprint density at radius 3 is 2.80 bits per heavy atom. The summed E-state index contributed by atoms with van der Waals surface area (Å²) in [6, 6.07) is 7.35. The van der Waals surface area contributed by atoms with E-state index in [1.165, 1.54) is 12.1 Å². The lowest BCUT2D eigenvalue weighted by Crippen LogP contribution is -2.51. The lowest BCUT2D eigenvalue weighted by Gasteiger charge is -2.38. The van der Waals surface area contributed by atoms with Crippen LogP contribution in [0.2, 0.25) is 0 Å². The van der Waals surface area contributed by atoms with Crippen molar-refractivity contribution in [2.24, 2.45) is 5.92 Å². The standard InChI is InChI=1S/C18H23FN4O2/c1-12-4-3-9-22(16(12)11-24)18(25)20-17-10-13(2)23(21-17)15-7-5-14(19)6-8-15/h5-8,10,12,16,24H,3-4,9,11H2,1-2H3,(H,20,21,25). The van der Waals surface area contributed by atoms with Crippen molar-refractivity contribution in [3.8, 4) is 5.69 Å². The summed E-state index contributed by atoms with van der Waals surface area (Å²) >= 11 is 0. The van der Waals surface area contributed by atoms with E-state index in [1.54, 1.807) is 27.8 Å². The number of rotatable bonds is 3. The summed E-state index contributed by atoms with van der Waals surface area (Å²) in [5.41, 5.74) is 1.55. The maximum absolute atomic E-state index is 13.1. The monoisotopic (exact) mass is 346 g/mol. The minimum Gasteiger partial charge on any atom is -0.394 e. The first-order valence-electron chi connectivity index (χ1n) is 8.50. The van der Waals surface area contributed by atoms with Crippen molar-refractivity contribution in [2.45, 2.75) is 32.7 Å². The normalized spacial score (nSPS) is 20.6. The lowest BCUT2D eigenvalue weighted by atomic mass is 9.91. The molecule has 25 heavy (non-hydrogen) atoms. The van der Waals surface area contributed by atoms with Crippen molar-refractivity contribution >= 4 is 11.8 Å². The Bertz CT molecular complexity index is 744. The average Bonchev–Trinajstić information content (AvgIpc) is 2.95. The fraction of sp³-hybridized carbons (Fsp3) is 0.444. The Labute approximate surface area is 146 Å². The van der Waals surface area contributed by atoms with E-state index >= 15 is 0 Å². The van der Waals surface area contributed by atoms with Gasteiger partial charge in [0.25, 0.3) is 0 Å². The van der Waals surface area contributed by atoms with E-state index in [4.69, 9.17) is 0 Å². The number of likely N-dealkylation sites (tertiary alicyclic amines) is 1. The number of carbonyl (C=O) groups is 1. The second kappa shape index (κ2) is 7.23. The molecule has 0 radical (unpaired) electrons. The number of halogens is 1. The predicted octanol–water partition coefficient (Wildman–Crippen LogP) is 2.94. The first kappa shape index (κ1) is 17.4. The smallest absolute Gasteiger partial charge is 0.323 e. The third-order valence-corrected chi connectivity index (χ3v) is 4.76. The number of anilines is 1. The molecule has 2 heterocycles. The van der Waals surface area contributed by atoms with Crippen molar-refractivity contribution in [3.63, 3.8) is 0 Å². The van der Waals surface area contributed by atoms with Crippen LogP contribution in [0.4, 0.5) is 15.0 Å². The molecule has 1 aliphatic rings. The van der Waals surface area contributed by atoms with Gasteiger partial charge in [-0.05, 0) is 49.9 Å². The summed E-state index contributed by atoms with van der Waals surface area (Å²) in [5.74, 6) is 0.390. The Hall–Kier alpha value is -2.41. The fourth-order valence-corrected chi connectivity index (χ4v) is 3.34. The number of urea groups is 1. The highest BCUT2D eigenvalue weighted by molar-refractivity contribution is 5.88. The zero-order chi connectivity index (χ0) is 18.0. The number of nitrogens with zero attached hydrogens (tertiary/aromatic N) is 3. The molecule has 0 bridgehead atoms. The number of aromatic nitrogens is 2. The van der Waals surface area contributed by atoms with Gasteiger partial charge in [0.15, 0.2) is 5.82 Å². The highest BCUT2D eigenvalue weighted by Crippen LogP contribution is 2.24. The van der Waals surface area contributed by atoms with E-state index in [0.29, 0.717) is 12.4 Å². The Balaban J connectivity index is 1.76. The summed E-state index contributed by atoms with van der Waals surface area (Å²) in [6.07, 6.45) is 1.93. The molecule has 1 aromatic heterocycles. The first-order chi connectivity index (χ1) is 12.0. The molecular formula is C18H23FN4O2. The molecule has 1 aromatic carbocycles. The molecule has 134 valence electrons. The van der Waals surface area contributed by atoms with Crippen LogP contribution in [0.15, 0.2) is 30.3 Å². The van der Waals surface area contributed by atoms with Crippen molar-refractivity contribution in [1.82, 2.24) is 14.7 Å². The maximum Gasteiger partial charge on any atom is 0.323 e. The highest BCUT2D eigenvalue weighted by atomic mass is 19.1. The summed E-state index contributed by atoms with van der Waals surface area (Å²) in [5, 5.41) is 16.8. The van der Waals surface area contributed by atoms with Crippen LogP contribution in [0.3, 0.4) is 0 Å². The highest BCUT2D eigenvalue weighted by Gasteiger charge is 2.31. The van der Waals surface area contributed by atoms with Gasteiger partial charge < -0.3 is 10.0 Å². The molecule has 0 spiro atoms. The second-order valence-electron chi connectivity index (χ2n) is 6.55. The van der Waals surface area contributed by atoms with Crippen LogP contribution < -0.4 is 5.32 Å². The lowest BCUT2D eigenvalue weighted by molar-refractivity contribution is 0.0811. The van der Waals surface area contributed by atoms with Gasteiger partial charge in [-0.1, -0.05) is 6.92 Å². The molecule has 1 saturated heterocycles. The predicted molar refractivity (Wildman–Crippen MR) is 93.3 cm³/mol. The van der Waals surface area contributed by atoms with Crippen molar-refractivity contribution in [1.29, 1.82) is 0 Å². The Morgan fingerprint density at radius 1 is 1.40 bits per heavy atom.